The maximum atomic E-state index is 11.7. The molecule has 2 aromatic rings. The van der Waals surface area contributed by atoms with Crippen LogP contribution in [0.15, 0.2) is 69.9 Å². The van der Waals surface area contributed by atoms with Crippen molar-refractivity contribution in [1.29, 1.82) is 0 Å². The molecule has 0 amide bonds. The van der Waals surface area contributed by atoms with E-state index in [0.717, 1.165) is 5.39 Å². The number of carboxylic acids is 1. The Morgan fingerprint density at radius 1 is 1.00 bits per heavy atom. The summed E-state index contributed by atoms with van der Waals surface area (Å²) in [7, 11) is 0. The number of hydrogen-bond donors (Lipinski definition) is 0. The van der Waals surface area contributed by atoms with Crippen molar-refractivity contribution in [2.45, 2.75) is 0 Å². The fraction of sp³-hybridized carbons (Fsp3) is 0. The molecule has 1 N–H and O–H groups in total. The molecule has 5 nitrogen and oxygen atoms in total. The molecule has 0 fully saturated rings. The predicted octanol–water partition coefficient (Wildman–Crippen LogP) is -3.44. The van der Waals surface area contributed by atoms with Gasteiger partial charge >= 0.3 is 59.1 Å². The minimum Gasteiger partial charge on any atom is -0.870 e. The van der Waals surface area contributed by atoms with Crippen molar-refractivity contribution < 1.29 is 78.9 Å². The number of carboxylic acid groups (broad SMARTS) is 1. The van der Waals surface area contributed by atoms with Crippen molar-refractivity contribution in [2.75, 3.05) is 0 Å². The van der Waals surface area contributed by atoms with Crippen molar-refractivity contribution in [2.24, 2.45) is 0 Å². The molecule has 0 spiro atoms. The molecular weight excluding hydrogens is 366 g/mol. The average molecular weight is 377 g/mol. The molecule has 124 valence electrons. The molecule has 1 aliphatic heterocycles. The van der Waals surface area contributed by atoms with Crippen LogP contribution in [0, 0.1) is 6.07 Å². The van der Waals surface area contributed by atoms with Gasteiger partial charge in [0.05, 0.1) is 5.97 Å². The minimum atomic E-state index is -1.25. The molecule has 2 aromatic carbocycles. The molecule has 1 aliphatic carbocycles. The number of aromatic carboxylic acids is 1. The zero-order chi connectivity index (χ0) is 16.7. The second-order valence-electron chi connectivity index (χ2n) is 5.39. The van der Waals surface area contributed by atoms with Crippen LogP contribution in [0.1, 0.15) is 10.4 Å². The molecule has 4 rings (SSSR count). The van der Waals surface area contributed by atoms with Crippen molar-refractivity contribution in [3.05, 3.63) is 82.5 Å². The summed E-state index contributed by atoms with van der Waals surface area (Å²) in [5.74, 6) is -0.853. The third kappa shape index (κ3) is 4.36. The van der Waals surface area contributed by atoms with E-state index in [4.69, 9.17) is 4.42 Å². The normalized spacial score (nSPS) is 9.78. The molecule has 7 heteroatoms. The number of fused-ring (bicyclic) bond motifs is 2. The van der Waals surface area contributed by atoms with Crippen LogP contribution < -0.4 is 69.6 Å². The zero-order valence-electron chi connectivity index (χ0n) is 14.9. The second-order valence-corrected chi connectivity index (χ2v) is 5.39. The van der Waals surface area contributed by atoms with Gasteiger partial charge in [-0.05, 0) is 23.3 Å². The standard InChI is InChI=1S/C20H11O4.2Na.H2O/c21-12-9-10-16-18(11-12)24-17-8-4-3-7-15(17)19(16)13-5-1-2-6-14(13)20(22)23;;;/h1-3,5-11H,(H,22,23);;;1H2/q-1;2*+1;/p-2. The molecular formula is C20H11Na2O5-. The van der Waals surface area contributed by atoms with Gasteiger partial charge in [0.1, 0.15) is 5.76 Å². The summed E-state index contributed by atoms with van der Waals surface area (Å²) in [5.41, 5.74) is 2.32. The van der Waals surface area contributed by atoms with Crippen molar-refractivity contribution in [1.82, 2.24) is 0 Å². The van der Waals surface area contributed by atoms with E-state index in [2.05, 4.69) is 6.07 Å². The van der Waals surface area contributed by atoms with Gasteiger partial charge in [0, 0.05) is 22.8 Å². The second kappa shape index (κ2) is 9.66. The number of rotatable bonds is 2. The van der Waals surface area contributed by atoms with E-state index in [1.807, 2.05) is 6.07 Å². The van der Waals surface area contributed by atoms with Crippen LogP contribution in [0.25, 0.3) is 33.4 Å². The maximum Gasteiger partial charge on any atom is 1.00 e. The topological polar surface area (TPSA) is 100 Å². The average Bonchev–Trinajstić information content (AvgIpc) is 2.59. The molecule has 0 bridgehead atoms. The Morgan fingerprint density at radius 2 is 1.74 bits per heavy atom. The van der Waals surface area contributed by atoms with E-state index in [1.54, 1.807) is 36.4 Å². The van der Waals surface area contributed by atoms with Gasteiger partial charge in [0.2, 0.25) is 0 Å². The van der Waals surface area contributed by atoms with Crippen molar-refractivity contribution in [3.8, 4) is 22.5 Å². The first-order valence-electron chi connectivity index (χ1n) is 7.32. The number of hydrogen-bond acceptors (Lipinski definition) is 5. The summed E-state index contributed by atoms with van der Waals surface area (Å²) in [6.45, 7) is 0. The fourth-order valence-electron chi connectivity index (χ4n) is 2.93. The Morgan fingerprint density at radius 3 is 2.48 bits per heavy atom. The van der Waals surface area contributed by atoms with Crippen molar-refractivity contribution >= 4 is 16.9 Å². The summed E-state index contributed by atoms with van der Waals surface area (Å²) in [6.07, 6.45) is 0. The molecule has 1 heterocycles. The fourth-order valence-corrected chi connectivity index (χ4v) is 2.93. The van der Waals surface area contributed by atoms with Crippen molar-refractivity contribution in [3.63, 3.8) is 0 Å². The molecule has 0 aromatic heterocycles. The van der Waals surface area contributed by atoms with Gasteiger partial charge in [-0.15, -0.1) is 6.07 Å². The Labute approximate surface area is 199 Å². The summed E-state index contributed by atoms with van der Waals surface area (Å²) in [5, 5.41) is 12.3. The Kier molecular flexibility index (Phi) is 8.45. The Balaban J connectivity index is 0.00000121. The van der Waals surface area contributed by atoms with Gasteiger partial charge in [-0.1, -0.05) is 29.7 Å². The molecule has 27 heavy (non-hydrogen) atoms. The Hall–Kier alpha value is -1.44. The van der Waals surface area contributed by atoms with E-state index in [0.29, 0.717) is 28.0 Å². The summed E-state index contributed by atoms with van der Waals surface area (Å²) in [4.78, 5) is 23.2. The molecule has 0 atom stereocenters. The van der Waals surface area contributed by atoms with Crippen LogP contribution in [0.3, 0.4) is 0 Å². The van der Waals surface area contributed by atoms with E-state index < -0.39 is 5.97 Å². The molecule has 0 saturated carbocycles. The predicted molar refractivity (Wildman–Crippen MR) is 89.6 cm³/mol. The van der Waals surface area contributed by atoms with Gasteiger partial charge in [-0.25, -0.2) is 0 Å². The first-order chi connectivity index (χ1) is 11.6. The van der Waals surface area contributed by atoms with E-state index in [-0.39, 0.29) is 75.6 Å². The molecule has 2 aliphatic rings. The van der Waals surface area contributed by atoms with Gasteiger partial charge in [-0.2, -0.15) is 18.2 Å². The van der Waals surface area contributed by atoms with Gasteiger partial charge in [-0.3, -0.25) is 4.79 Å². The largest absolute Gasteiger partial charge is 1.00 e. The third-order valence-electron chi connectivity index (χ3n) is 3.95. The number of carbonyl (C=O) groups excluding carboxylic acids is 1. The van der Waals surface area contributed by atoms with E-state index in [1.165, 1.54) is 18.2 Å². The van der Waals surface area contributed by atoms with E-state index in [9.17, 15) is 14.7 Å². The van der Waals surface area contributed by atoms with Gasteiger partial charge in [0.15, 0.2) is 5.43 Å². The van der Waals surface area contributed by atoms with Crippen LogP contribution in [0.4, 0.5) is 0 Å². The molecule has 0 radical (unpaired) electrons. The molecule has 0 saturated heterocycles. The van der Waals surface area contributed by atoms with Gasteiger partial charge in [0.25, 0.3) is 0 Å². The van der Waals surface area contributed by atoms with Crippen LogP contribution in [-0.4, -0.2) is 11.4 Å². The maximum absolute atomic E-state index is 11.7. The van der Waals surface area contributed by atoms with E-state index >= 15 is 0 Å². The number of carbonyl (C=O) groups is 1. The molecule has 0 unspecified atom stereocenters. The van der Waals surface area contributed by atoms with Gasteiger partial charge < -0.3 is 19.8 Å². The van der Waals surface area contributed by atoms with Crippen LogP contribution in [-0.2, 0) is 0 Å². The first-order valence-corrected chi connectivity index (χ1v) is 7.32. The summed E-state index contributed by atoms with van der Waals surface area (Å²) in [6, 6.07) is 19.3. The first kappa shape index (κ1) is 23.6. The monoisotopic (exact) mass is 377 g/mol. The van der Waals surface area contributed by atoms with Crippen LogP contribution in [0.5, 0.6) is 0 Å². The van der Waals surface area contributed by atoms with Crippen LogP contribution >= 0.6 is 0 Å². The number of benzene rings is 3. The van der Waals surface area contributed by atoms with Crippen LogP contribution in [0.2, 0.25) is 0 Å². The minimum absolute atomic E-state index is 0. The smallest absolute Gasteiger partial charge is 0.870 e. The quantitative estimate of drug-likeness (QED) is 0.206. The SMILES string of the molecule is O=C([O-])c1ccccc1-c1c2ccc(=O)cc-2oc2c[c-]ccc12.[Na+].[Na+].[OH-]. The zero-order valence-corrected chi connectivity index (χ0v) is 18.9. The third-order valence-corrected chi connectivity index (χ3v) is 3.95. The summed E-state index contributed by atoms with van der Waals surface area (Å²) < 4.78 is 5.80. The summed E-state index contributed by atoms with van der Waals surface area (Å²) >= 11 is 0. The Bertz CT molecular complexity index is 1120.